The molecule has 8 nitrogen and oxygen atoms in total. The third-order valence-corrected chi connectivity index (χ3v) is 4.99. The van der Waals surface area contributed by atoms with E-state index in [2.05, 4.69) is 26.5 Å². The quantitative estimate of drug-likeness (QED) is 0.159. The minimum absolute atomic E-state index is 0.226. The third kappa shape index (κ3) is 7.86. The number of ether oxygens (including phenoxy) is 4. The van der Waals surface area contributed by atoms with Crippen molar-refractivity contribution in [1.29, 1.82) is 0 Å². The maximum atomic E-state index is 12.4. The van der Waals surface area contributed by atoms with Crippen LogP contribution in [0.15, 0.2) is 76.3 Å². The summed E-state index contributed by atoms with van der Waals surface area (Å²) in [5, 5.41) is 3.96. The molecule has 0 aliphatic heterocycles. The molecule has 0 aliphatic rings. The molecule has 0 saturated heterocycles. The third-order valence-electron chi connectivity index (χ3n) is 4.46. The molecule has 0 radical (unpaired) electrons. The normalized spacial score (nSPS) is 10.6. The molecule has 1 amide bonds. The van der Waals surface area contributed by atoms with Gasteiger partial charge in [-0.15, -0.1) is 0 Å². The van der Waals surface area contributed by atoms with Gasteiger partial charge in [-0.1, -0.05) is 28.1 Å². The predicted molar refractivity (Wildman–Crippen MR) is 136 cm³/mol. The molecule has 3 aromatic carbocycles. The smallest absolute Gasteiger partial charge is 0.343 e. The Morgan fingerprint density at radius 2 is 1.51 bits per heavy atom. The van der Waals surface area contributed by atoms with Crippen LogP contribution in [-0.2, 0) is 4.79 Å². The highest BCUT2D eigenvalue weighted by Crippen LogP contribution is 2.29. The maximum Gasteiger partial charge on any atom is 0.343 e. The first-order valence-electron chi connectivity index (χ1n) is 10.9. The molecule has 1 N–H and O–H groups in total. The standard InChI is InChI=1S/C26H25BrN2O6/c1-3-32-21-7-5-6-8-22(21)34-17-25(30)29-28-16-18-9-14-23(24(15-18)33-4-2)35-26(31)19-10-12-20(27)13-11-19/h5-16H,3-4,17H2,1-2H3,(H,29,30)/b28-16+. The first kappa shape index (κ1) is 25.8. The molecule has 0 aliphatic carbocycles. The van der Waals surface area contributed by atoms with Crippen LogP contribution in [0.25, 0.3) is 0 Å². The number of esters is 1. The lowest BCUT2D eigenvalue weighted by molar-refractivity contribution is -0.123. The molecule has 9 heteroatoms. The summed E-state index contributed by atoms with van der Waals surface area (Å²) in [4.78, 5) is 24.5. The van der Waals surface area contributed by atoms with Crippen LogP contribution in [0.4, 0.5) is 0 Å². The molecule has 0 spiro atoms. The van der Waals surface area contributed by atoms with E-state index in [-0.39, 0.29) is 12.4 Å². The van der Waals surface area contributed by atoms with Crippen molar-refractivity contribution in [3.05, 3.63) is 82.3 Å². The van der Waals surface area contributed by atoms with Gasteiger partial charge < -0.3 is 18.9 Å². The van der Waals surface area contributed by atoms with E-state index in [0.29, 0.717) is 41.6 Å². The van der Waals surface area contributed by atoms with Gasteiger partial charge in [0.05, 0.1) is 25.0 Å². The first-order chi connectivity index (χ1) is 17.0. The zero-order chi connectivity index (χ0) is 25.0. The van der Waals surface area contributed by atoms with Gasteiger partial charge in [0.1, 0.15) is 0 Å². The first-order valence-corrected chi connectivity index (χ1v) is 11.7. The monoisotopic (exact) mass is 540 g/mol. The molecule has 0 saturated carbocycles. The molecular formula is C26H25BrN2O6. The fourth-order valence-electron chi connectivity index (χ4n) is 2.90. The number of halogens is 1. The van der Waals surface area contributed by atoms with E-state index >= 15 is 0 Å². The number of nitrogens with zero attached hydrogens (tertiary/aromatic N) is 1. The highest BCUT2D eigenvalue weighted by molar-refractivity contribution is 9.10. The van der Waals surface area contributed by atoms with Crippen molar-refractivity contribution in [2.75, 3.05) is 19.8 Å². The van der Waals surface area contributed by atoms with Crippen LogP contribution in [-0.4, -0.2) is 37.9 Å². The summed E-state index contributed by atoms with van der Waals surface area (Å²) in [6, 6.07) is 18.9. The summed E-state index contributed by atoms with van der Waals surface area (Å²) in [6.07, 6.45) is 1.45. The number of hydrazone groups is 1. The van der Waals surface area contributed by atoms with Gasteiger partial charge in [-0.3, -0.25) is 4.79 Å². The second-order valence-electron chi connectivity index (χ2n) is 7.00. The van der Waals surface area contributed by atoms with Gasteiger partial charge in [-0.05, 0) is 74.0 Å². The van der Waals surface area contributed by atoms with Crippen molar-refractivity contribution in [1.82, 2.24) is 5.43 Å². The van der Waals surface area contributed by atoms with Gasteiger partial charge >= 0.3 is 5.97 Å². The number of benzene rings is 3. The highest BCUT2D eigenvalue weighted by atomic mass is 79.9. The molecule has 0 fully saturated rings. The number of hydrogen-bond donors (Lipinski definition) is 1. The minimum atomic E-state index is -0.502. The molecule has 0 aromatic heterocycles. The summed E-state index contributed by atoms with van der Waals surface area (Å²) < 4.78 is 23.0. The van der Waals surface area contributed by atoms with Gasteiger partial charge in [0.2, 0.25) is 0 Å². The number of carbonyl (C=O) groups is 2. The van der Waals surface area contributed by atoms with Gasteiger partial charge in [0.15, 0.2) is 29.6 Å². The van der Waals surface area contributed by atoms with Gasteiger partial charge in [0, 0.05) is 4.47 Å². The number of hydrogen-bond acceptors (Lipinski definition) is 7. The number of para-hydroxylation sites is 2. The van der Waals surface area contributed by atoms with Crippen molar-refractivity contribution >= 4 is 34.0 Å². The Morgan fingerprint density at radius 3 is 2.20 bits per heavy atom. The molecular weight excluding hydrogens is 516 g/mol. The maximum absolute atomic E-state index is 12.4. The number of rotatable bonds is 11. The van der Waals surface area contributed by atoms with E-state index in [1.165, 1.54) is 6.21 Å². The molecule has 0 heterocycles. The Balaban J connectivity index is 1.59. The van der Waals surface area contributed by atoms with E-state index in [1.807, 2.05) is 19.9 Å². The summed E-state index contributed by atoms with van der Waals surface area (Å²) >= 11 is 3.34. The number of amides is 1. The lowest BCUT2D eigenvalue weighted by atomic mass is 10.2. The Hall–Kier alpha value is -3.85. The van der Waals surface area contributed by atoms with E-state index in [0.717, 1.165) is 4.47 Å². The van der Waals surface area contributed by atoms with Crippen molar-refractivity contribution in [3.63, 3.8) is 0 Å². The minimum Gasteiger partial charge on any atom is -0.490 e. The molecule has 0 atom stereocenters. The second kappa shape index (κ2) is 13.1. The van der Waals surface area contributed by atoms with Gasteiger partial charge in [-0.25, -0.2) is 10.2 Å². The van der Waals surface area contributed by atoms with Crippen LogP contribution in [0, 0.1) is 0 Å². The fourth-order valence-corrected chi connectivity index (χ4v) is 3.17. The van der Waals surface area contributed by atoms with Crippen LogP contribution in [0.3, 0.4) is 0 Å². The number of carbonyl (C=O) groups excluding carboxylic acids is 2. The zero-order valence-corrected chi connectivity index (χ0v) is 20.9. The van der Waals surface area contributed by atoms with Gasteiger partial charge in [-0.2, -0.15) is 5.10 Å². The lowest BCUT2D eigenvalue weighted by Gasteiger charge is -2.11. The predicted octanol–water partition coefficient (Wildman–Crippen LogP) is 4.99. The molecule has 35 heavy (non-hydrogen) atoms. The molecule has 3 rings (SSSR count). The number of nitrogens with one attached hydrogen (secondary N) is 1. The summed E-state index contributed by atoms with van der Waals surface area (Å²) in [7, 11) is 0. The average Bonchev–Trinajstić information content (AvgIpc) is 2.86. The SMILES string of the molecule is CCOc1ccccc1OCC(=O)N/N=C/c1ccc(OC(=O)c2ccc(Br)cc2)c(OCC)c1. The average molecular weight is 541 g/mol. The van der Waals surface area contributed by atoms with Crippen molar-refractivity contribution in [2.24, 2.45) is 5.10 Å². The summed E-state index contributed by atoms with van der Waals surface area (Å²) in [5.41, 5.74) is 3.46. The molecule has 182 valence electrons. The van der Waals surface area contributed by atoms with Crippen molar-refractivity contribution in [2.45, 2.75) is 13.8 Å². The second-order valence-corrected chi connectivity index (χ2v) is 7.91. The molecule has 0 unspecified atom stereocenters. The summed E-state index contributed by atoms with van der Waals surface area (Å²) in [6.45, 7) is 4.33. The Labute approximate surface area is 212 Å². The van der Waals surface area contributed by atoms with E-state index < -0.39 is 11.9 Å². The Bertz CT molecular complexity index is 1180. The van der Waals surface area contributed by atoms with Crippen LogP contribution < -0.4 is 24.4 Å². The van der Waals surface area contributed by atoms with Gasteiger partial charge in [0.25, 0.3) is 5.91 Å². The zero-order valence-electron chi connectivity index (χ0n) is 19.3. The van der Waals surface area contributed by atoms with Crippen molar-refractivity contribution < 1.29 is 28.5 Å². The summed E-state index contributed by atoms with van der Waals surface area (Å²) in [5.74, 6) is 0.765. The van der Waals surface area contributed by atoms with Crippen LogP contribution >= 0.6 is 15.9 Å². The Morgan fingerprint density at radius 1 is 0.857 bits per heavy atom. The lowest BCUT2D eigenvalue weighted by Crippen LogP contribution is -2.24. The van der Waals surface area contributed by atoms with E-state index in [1.54, 1.807) is 60.7 Å². The van der Waals surface area contributed by atoms with E-state index in [4.69, 9.17) is 18.9 Å². The van der Waals surface area contributed by atoms with Crippen LogP contribution in [0.2, 0.25) is 0 Å². The van der Waals surface area contributed by atoms with Crippen LogP contribution in [0.5, 0.6) is 23.0 Å². The van der Waals surface area contributed by atoms with Crippen LogP contribution in [0.1, 0.15) is 29.8 Å². The Kier molecular flexibility index (Phi) is 9.68. The topological polar surface area (TPSA) is 95.5 Å². The molecule has 3 aromatic rings. The van der Waals surface area contributed by atoms with E-state index in [9.17, 15) is 9.59 Å². The largest absolute Gasteiger partial charge is 0.490 e. The highest BCUT2D eigenvalue weighted by Gasteiger charge is 2.13. The fraction of sp³-hybridized carbons (Fsp3) is 0.192. The molecule has 0 bridgehead atoms. The van der Waals surface area contributed by atoms with Crippen molar-refractivity contribution in [3.8, 4) is 23.0 Å².